The minimum atomic E-state index is -3.75. The van der Waals surface area contributed by atoms with Crippen LogP contribution in [0.15, 0.2) is 47.4 Å². The van der Waals surface area contributed by atoms with Crippen molar-refractivity contribution in [3.63, 3.8) is 0 Å². The minimum Gasteiger partial charge on any atom is -0.324 e. The smallest absolute Gasteiger partial charge is 0.241 e. The summed E-state index contributed by atoms with van der Waals surface area (Å²) in [6.07, 6.45) is 4.09. The summed E-state index contributed by atoms with van der Waals surface area (Å²) in [5, 5.41) is 2.57. The first-order chi connectivity index (χ1) is 13.0. The molecule has 0 bridgehead atoms. The number of imidazole rings is 1. The van der Waals surface area contributed by atoms with Gasteiger partial charge in [-0.1, -0.05) is 18.2 Å². The molecule has 1 amide bonds. The Morgan fingerprint density at radius 2 is 1.85 bits per heavy atom. The van der Waals surface area contributed by atoms with Gasteiger partial charge < -0.3 is 4.98 Å². The van der Waals surface area contributed by atoms with Gasteiger partial charge in [0.25, 0.3) is 0 Å². The molecule has 4 rings (SSSR count). The normalized spacial score (nSPS) is 14.1. The molecule has 7 nitrogen and oxygen atoms in total. The molecular weight excluding hydrogens is 364 g/mol. The zero-order valence-corrected chi connectivity index (χ0v) is 15.5. The van der Waals surface area contributed by atoms with E-state index in [4.69, 9.17) is 0 Å². The number of carbonyl (C=O) groups excluding carboxylic acids is 1. The summed E-state index contributed by atoms with van der Waals surface area (Å²) in [5.74, 6) is -0.204. The van der Waals surface area contributed by atoms with E-state index in [0.717, 1.165) is 42.3 Å². The van der Waals surface area contributed by atoms with Crippen molar-refractivity contribution in [2.24, 2.45) is 0 Å². The van der Waals surface area contributed by atoms with Crippen LogP contribution in [-0.2, 0) is 27.7 Å². The maximum absolute atomic E-state index is 12.5. The highest BCUT2D eigenvalue weighted by atomic mass is 32.2. The van der Waals surface area contributed by atoms with E-state index in [0.29, 0.717) is 0 Å². The van der Waals surface area contributed by atoms with Gasteiger partial charge in [-0.05, 0) is 61.1 Å². The molecule has 3 aromatic rings. The minimum absolute atomic E-state index is 0.194. The number of H-pyrrole nitrogens is 1. The molecule has 0 saturated carbocycles. The van der Waals surface area contributed by atoms with E-state index in [-0.39, 0.29) is 17.4 Å². The van der Waals surface area contributed by atoms with Crippen LogP contribution in [-0.4, -0.2) is 30.8 Å². The number of rotatable bonds is 5. The lowest BCUT2D eigenvalue weighted by Gasteiger charge is -2.16. The Balaban J connectivity index is 1.41. The molecule has 0 fully saturated rings. The molecule has 2 aromatic carbocycles. The number of aromatic amines is 1. The number of carbonyl (C=O) groups is 1. The van der Waals surface area contributed by atoms with Crippen LogP contribution in [0.4, 0.5) is 5.95 Å². The average Bonchev–Trinajstić information content (AvgIpc) is 3.08. The number of hydrogen-bond acceptors (Lipinski definition) is 4. The summed E-state index contributed by atoms with van der Waals surface area (Å²) in [5.41, 5.74) is 3.81. The lowest BCUT2D eigenvalue weighted by Crippen LogP contribution is -2.33. The van der Waals surface area contributed by atoms with Gasteiger partial charge in [0.05, 0.1) is 22.5 Å². The van der Waals surface area contributed by atoms with Gasteiger partial charge in [0.15, 0.2) is 0 Å². The molecule has 1 aromatic heterocycles. The van der Waals surface area contributed by atoms with Gasteiger partial charge in [-0.2, -0.15) is 0 Å². The van der Waals surface area contributed by atoms with Crippen LogP contribution in [0.25, 0.3) is 11.0 Å². The Kier molecular flexibility index (Phi) is 4.67. The molecule has 0 saturated heterocycles. The number of anilines is 1. The number of para-hydroxylation sites is 2. The summed E-state index contributed by atoms with van der Waals surface area (Å²) in [7, 11) is -3.75. The highest BCUT2D eigenvalue weighted by molar-refractivity contribution is 7.89. The largest absolute Gasteiger partial charge is 0.324 e. The molecule has 0 atom stereocenters. The van der Waals surface area contributed by atoms with E-state index in [1.807, 2.05) is 30.3 Å². The second-order valence-corrected chi connectivity index (χ2v) is 8.38. The Bertz CT molecular complexity index is 1070. The van der Waals surface area contributed by atoms with Crippen LogP contribution in [0.1, 0.15) is 24.0 Å². The molecular formula is C19H20N4O3S. The molecule has 1 aliphatic carbocycles. The SMILES string of the molecule is O=C(CNS(=O)(=O)c1ccc2c(c1)CCCC2)Nc1nc2ccccc2[nH]1. The van der Waals surface area contributed by atoms with Gasteiger partial charge in [-0.25, -0.2) is 18.1 Å². The van der Waals surface area contributed by atoms with Gasteiger partial charge in [-0.3, -0.25) is 10.1 Å². The highest BCUT2D eigenvalue weighted by Crippen LogP contribution is 2.24. The quantitative estimate of drug-likeness (QED) is 0.628. The van der Waals surface area contributed by atoms with Crippen molar-refractivity contribution in [1.82, 2.24) is 14.7 Å². The van der Waals surface area contributed by atoms with Crippen molar-refractivity contribution >= 4 is 32.9 Å². The molecule has 8 heteroatoms. The zero-order valence-electron chi connectivity index (χ0n) is 14.7. The van der Waals surface area contributed by atoms with Crippen molar-refractivity contribution in [1.29, 1.82) is 0 Å². The monoisotopic (exact) mass is 384 g/mol. The van der Waals surface area contributed by atoms with Crippen LogP contribution >= 0.6 is 0 Å². The first-order valence-corrected chi connectivity index (χ1v) is 10.4. The maximum atomic E-state index is 12.5. The molecule has 0 spiro atoms. The second kappa shape index (κ2) is 7.13. The third-order valence-electron chi connectivity index (χ3n) is 4.70. The van der Waals surface area contributed by atoms with Crippen molar-refractivity contribution in [2.75, 3.05) is 11.9 Å². The lowest BCUT2D eigenvalue weighted by atomic mass is 9.92. The van der Waals surface area contributed by atoms with Crippen LogP contribution < -0.4 is 10.0 Å². The summed E-state index contributed by atoms with van der Waals surface area (Å²) in [4.78, 5) is 19.5. The Morgan fingerprint density at radius 1 is 1.07 bits per heavy atom. The number of aromatic nitrogens is 2. The fourth-order valence-corrected chi connectivity index (χ4v) is 4.34. The predicted molar refractivity (Wildman–Crippen MR) is 103 cm³/mol. The Hall–Kier alpha value is -2.71. The fourth-order valence-electron chi connectivity index (χ4n) is 3.31. The van der Waals surface area contributed by atoms with Crippen LogP contribution in [0, 0.1) is 0 Å². The fraction of sp³-hybridized carbons (Fsp3) is 0.263. The molecule has 27 heavy (non-hydrogen) atoms. The van der Waals surface area contributed by atoms with Gasteiger partial charge in [-0.15, -0.1) is 0 Å². The number of benzene rings is 2. The van der Waals surface area contributed by atoms with E-state index < -0.39 is 15.9 Å². The third-order valence-corrected chi connectivity index (χ3v) is 6.10. The average molecular weight is 384 g/mol. The third kappa shape index (κ3) is 3.86. The molecule has 140 valence electrons. The van der Waals surface area contributed by atoms with E-state index in [1.165, 1.54) is 5.56 Å². The summed E-state index contributed by atoms with van der Waals surface area (Å²) in [6.45, 7) is -0.365. The molecule has 0 radical (unpaired) electrons. The maximum Gasteiger partial charge on any atom is 0.241 e. The van der Waals surface area contributed by atoms with E-state index in [2.05, 4.69) is 20.0 Å². The van der Waals surface area contributed by atoms with Crippen molar-refractivity contribution in [3.8, 4) is 0 Å². The van der Waals surface area contributed by atoms with Crippen molar-refractivity contribution in [2.45, 2.75) is 30.6 Å². The van der Waals surface area contributed by atoms with Crippen LogP contribution in [0.3, 0.4) is 0 Å². The van der Waals surface area contributed by atoms with Gasteiger partial charge in [0, 0.05) is 0 Å². The number of sulfonamides is 1. The van der Waals surface area contributed by atoms with E-state index in [9.17, 15) is 13.2 Å². The van der Waals surface area contributed by atoms with Crippen molar-refractivity contribution in [3.05, 3.63) is 53.6 Å². The number of hydrogen-bond donors (Lipinski definition) is 3. The zero-order chi connectivity index (χ0) is 18.9. The number of nitrogens with zero attached hydrogens (tertiary/aromatic N) is 1. The number of aryl methyl sites for hydroxylation is 2. The standard InChI is InChI=1S/C19H20N4O3S/c24-18(23-19-21-16-7-3-4-8-17(16)22-19)12-20-27(25,26)15-10-9-13-5-1-2-6-14(13)11-15/h3-4,7-11,20H,1-2,5-6,12H2,(H2,21,22,23,24). The molecule has 1 aliphatic rings. The first kappa shape index (κ1) is 17.7. The summed E-state index contributed by atoms with van der Waals surface area (Å²) >= 11 is 0. The number of nitrogens with one attached hydrogen (secondary N) is 3. The number of amides is 1. The van der Waals surface area contributed by atoms with Crippen LogP contribution in [0.5, 0.6) is 0 Å². The molecule has 3 N–H and O–H groups in total. The first-order valence-electron chi connectivity index (χ1n) is 8.87. The van der Waals surface area contributed by atoms with E-state index >= 15 is 0 Å². The molecule has 1 heterocycles. The Morgan fingerprint density at radius 3 is 2.67 bits per heavy atom. The van der Waals surface area contributed by atoms with Gasteiger partial charge in [0.2, 0.25) is 21.9 Å². The van der Waals surface area contributed by atoms with Gasteiger partial charge in [0.1, 0.15) is 0 Å². The lowest BCUT2D eigenvalue weighted by molar-refractivity contribution is -0.115. The summed E-state index contributed by atoms with van der Waals surface area (Å²) < 4.78 is 27.4. The summed E-state index contributed by atoms with van der Waals surface area (Å²) in [6, 6.07) is 12.6. The van der Waals surface area contributed by atoms with Crippen LogP contribution in [0.2, 0.25) is 0 Å². The molecule has 0 unspecified atom stereocenters. The van der Waals surface area contributed by atoms with Gasteiger partial charge >= 0.3 is 0 Å². The molecule has 0 aliphatic heterocycles. The second-order valence-electron chi connectivity index (χ2n) is 6.61. The number of fused-ring (bicyclic) bond motifs is 2. The topological polar surface area (TPSA) is 104 Å². The Labute approximate surface area is 157 Å². The van der Waals surface area contributed by atoms with E-state index in [1.54, 1.807) is 12.1 Å². The predicted octanol–water partition coefficient (Wildman–Crippen LogP) is 2.36. The van der Waals surface area contributed by atoms with Crippen molar-refractivity contribution < 1.29 is 13.2 Å². The highest BCUT2D eigenvalue weighted by Gasteiger charge is 2.19.